The van der Waals surface area contributed by atoms with Crippen LogP contribution >= 0.6 is 0 Å². The summed E-state index contributed by atoms with van der Waals surface area (Å²) in [5.41, 5.74) is 14.7. The van der Waals surface area contributed by atoms with Gasteiger partial charge in [-0.25, -0.2) is 4.68 Å². The molecule has 0 unspecified atom stereocenters. The largest absolute Gasteiger partial charge is 0.401 e. The first-order valence-corrected chi connectivity index (χ1v) is 13.0. The number of aromatic amines is 1. The van der Waals surface area contributed by atoms with Crippen LogP contribution in [0.2, 0.25) is 0 Å². The summed E-state index contributed by atoms with van der Waals surface area (Å²) in [6.45, 7) is 7.08. The number of rotatable bonds is 7. The van der Waals surface area contributed by atoms with E-state index in [0.717, 1.165) is 59.9 Å². The number of hydrogen-bond donors (Lipinski definition) is 3. The molecule has 0 bridgehead atoms. The molecule has 1 fully saturated rings. The van der Waals surface area contributed by atoms with E-state index >= 15 is 0 Å². The number of aliphatic imine (C=N–C) groups is 1. The molecule has 0 radical (unpaired) electrons. The molecule has 2 aromatic carbocycles. The third-order valence-electron chi connectivity index (χ3n) is 7.43. The summed E-state index contributed by atoms with van der Waals surface area (Å²) < 4.78 is 1.79. The van der Waals surface area contributed by atoms with Crippen LogP contribution in [-0.2, 0) is 7.05 Å². The number of nitrogens with zero attached hydrogens (tertiary/aromatic N) is 6. The Kier molecular flexibility index (Phi) is 6.00. The zero-order valence-electron chi connectivity index (χ0n) is 21.6. The number of anilines is 2. The van der Waals surface area contributed by atoms with E-state index in [-0.39, 0.29) is 0 Å². The van der Waals surface area contributed by atoms with Gasteiger partial charge in [0, 0.05) is 48.2 Å². The maximum absolute atomic E-state index is 6.35. The number of nitrogens with two attached hydrogens (primary N) is 1. The average molecular weight is 496 g/mol. The molecule has 2 aromatic heterocycles. The van der Waals surface area contributed by atoms with E-state index in [4.69, 9.17) is 15.7 Å². The summed E-state index contributed by atoms with van der Waals surface area (Å²) in [4.78, 5) is 12.0. The summed E-state index contributed by atoms with van der Waals surface area (Å²) in [6, 6.07) is 12.2. The number of likely N-dealkylation sites (N-methyl/N-ethyl adjacent to an activating group) is 1. The molecule has 3 heterocycles. The standard InChI is InChI=1S/C28H33N9/c1-4-37-14-13-21(23(29)16-37)17(2)31-20-9-7-19(8-10-20)27-33-28(36(3)35-27)32-25-12-11-24-22(15-30-34-24)26(25)18-5-6-18/h7-12,15,18H,4-6,13-14,16,29H2,1-3H3,(H,30,34)(H,32,33,35). The van der Waals surface area contributed by atoms with E-state index in [0.29, 0.717) is 17.7 Å². The molecule has 190 valence electrons. The van der Waals surface area contributed by atoms with Crippen LogP contribution < -0.4 is 11.1 Å². The van der Waals surface area contributed by atoms with Crippen LogP contribution in [0.15, 0.2) is 58.9 Å². The minimum Gasteiger partial charge on any atom is -0.401 e. The number of H-pyrrole nitrogens is 1. The second-order valence-electron chi connectivity index (χ2n) is 10.0. The fourth-order valence-corrected chi connectivity index (χ4v) is 5.17. The smallest absolute Gasteiger partial charge is 0.225 e. The predicted octanol–water partition coefficient (Wildman–Crippen LogP) is 5.01. The Morgan fingerprint density at radius 2 is 2.00 bits per heavy atom. The average Bonchev–Trinajstić information content (AvgIpc) is 3.51. The lowest BCUT2D eigenvalue weighted by atomic mass is 10.0. The molecule has 1 aliphatic carbocycles. The number of benzene rings is 2. The van der Waals surface area contributed by atoms with Gasteiger partial charge < -0.3 is 11.1 Å². The van der Waals surface area contributed by atoms with Gasteiger partial charge >= 0.3 is 0 Å². The van der Waals surface area contributed by atoms with E-state index < -0.39 is 0 Å². The highest BCUT2D eigenvalue weighted by Crippen LogP contribution is 2.47. The highest BCUT2D eigenvalue weighted by atomic mass is 15.4. The quantitative estimate of drug-likeness (QED) is 0.311. The summed E-state index contributed by atoms with van der Waals surface area (Å²) in [5.74, 6) is 1.95. The molecular weight excluding hydrogens is 462 g/mol. The van der Waals surface area contributed by atoms with E-state index in [1.165, 1.54) is 29.4 Å². The Bertz CT molecular complexity index is 1500. The van der Waals surface area contributed by atoms with Crippen molar-refractivity contribution in [2.24, 2.45) is 17.8 Å². The normalized spacial score (nSPS) is 17.1. The Morgan fingerprint density at radius 3 is 2.73 bits per heavy atom. The minimum absolute atomic E-state index is 0.568. The molecule has 1 aliphatic heterocycles. The molecule has 0 atom stereocenters. The van der Waals surface area contributed by atoms with Gasteiger partial charge in [-0.05, 0) is 86.2 Å². The summed E-state index contributed by atoms with van der Waals surface area (Å²) in [6.07, 6.45) is 5.27. The minimum atomic E-state index is 0.568. The predicted molar refractivity (Wildman–Crippen MR) is 149 cm³/mol. The third kappa shape index (κ3) is 4.62. The lowest BCUT2D eigenvalue weighted by Gasteiger charge is -2.28. The van der Waals surface area contributed by atoms with Crippen LogP contribution in [0.25, 0.3) is 22.3 Å². The van der Waals surface area contributed by atoms with Gasteiger partial charge in [-0.15, -0.1) is 5.10 Å². The molecule has 1 saturated carbocycles. The highest BCUT2D eigenvalue weighted by Gasteiger charge is 2.29. The van der Waals surface area contributed by atoms with Gasteiger partial charge in [0.15, 0.2) is 5.82 Å². The first kappa shape index (κ1) is 23.4. The van der Waals surface area contributed by atoms with E-state index in [1.807, 2.05) is 44.4 Å². The molecule has 37 heavy (non-hydrogen) atoms. The Morgan fingerprint density at radius 1 is 1.19 bits per heavy atom. The van der Waals surface area contributed by atoms with Crippen molar-refractivity contribution in [3.05, 3.63) is 59.4 Å². The van der Waals surface area contributed by atoms with Crippen molar-refractivity contribution in [3.8, 4) is 11.4 Å². The lowest BCUT2D eigenvalue weighted by molar-refractivity contribution is 0.302. The maximum Gasteiger partial charge on any atom is 0.225 e. The second kappa shape index (κ2) is 9.48. The van der Waals surface area contributed by atoms with Crippen molar-refractivity contribution in [1.29, 1.82) is 0 Å². The monoisotopic (exact) mass is 495 g/mol. The van der Waals surface area contributed by atoms with E-state index in [2.05, 4.69) is 44.6 Å². The lowest BCUT2D eigenvalue weighted by Crippen LogP contribution is -2.35. The molecule has 9 nitrogen and oxygen atoms in total. The summed E-state index contributed by atoms with van der Waals surface area (Å²) >= 11 is 0. The number of hydrogen-bond acceptors (Lipinski definition) is 7. The van der Waals surface area contributed by atoms with E-state index in [9.17, 15) is 0 Å². The number of aryl methyl sites for hydroxylation is 1. The van der Waals surface area contributed by atoms with Crippen LogP contribution in [-0.4, -0.2) is 55.2 Å². The summed E-state index contributed by atoms with van der Waals surface area (Å²) in [5, 5.41) is 16.7. The van der Waals surface area contributed by atoms with Gasteiger partial charge in [0.1, 0.15) is 0 Å². The van der Waals surface area contributed by atoms with Crippen molar-refractivity contribution in [2.45, 2.75) is 39.0 Å². The Hall–Kier alpha value is -3.98. The van der Waals surface area contributed by atoms with Gasteiger partial charge in [0.2, 0.25) is 5.95 Å². The first-order chi connectivity index (χ1) is 18.0. The number of nitrogens with one attached hydrogen (secondary N) is 2. The van der Waals surface area contributed by atoms with Crippen molar-refractivity contribution in [3.63, 3.8) is 0 Å². The molecular formula is C28H33N9. The number of aromatic nitrogens is 5. The molecule has 6 rings (SSSR count). The van der Waals surface area contributed by atoms with Gasteiger partial charge in [-0.2, -0.15) is 10.1 Å². The van der Waals surface area contributed by atoms with Gasteiger partial charge in [-0.1, -0.05) is 6.92 Å². The number of fused-ring (bicyclic) bond motifs is 1. The Labute approximate surface area is 216 Å². The molecule has 0 spiro atoms. The maximum atomic E-state index is 6.35. The van der Waals surface area contributed by atoms with Crippen LogP contribution in [0.5, 0.6) is 0 Å². The molecule has 4 N–H and O–H groups in total. The molecule has 4 aromatic rings. The zero-order valence-corrected chi connectivity index (χ0v) is 21.6. The van der Waals surface area contributed by atoms with E-state index in [1.54, 1.807) is 4.68 Å². The van der Waals surface area contributed by atoms with Crippen LogP contribution in [0.4, 0.5) is 17.3 Å². The van der Waals surface area contributed by atoms with Gasteiger partial charge in [-0.3, -0.25) is 15.0 Å². The zero-order chi connectivity index (χ0) is 25.5. The van der Waals surface area contributed by atoms with Crippen LogP contribution in [0.3, 0.4) is 0 Å². The molecule has 9 heteroatoms. The van der Waals surface area contributed by atoms with Crippen molar-refractivity contribution in [1.82, 2.24) is 29.9 Å². The van der Waals surface area contributed by atoms with Crippen molar-refractivity contribution in [2.75, 3.05) is 25.0 Å². The van der Waals surface area contributed by atoms with Crippen LogP contribution in [0.1, 0.15) is 44.6 Å². The van der Waals surface area contributed by atoms with Crippen molar-refractivity contribution >= 4 is 33.9 Å². The first-order valence-electron chi connectivity index (χ1n) is 13.0. The highest BCUT2D eigenvalue weighted by molar-refractivity contribution is 6.00. The topological polar surface area (TPSA) is 113 Å². The third-order valence-corrected chi connectivity index (χ3v) is 7.43. The SMILES string of the molecule is CCN1CCC(C(C)=Nc2ccc(-c3nc(Nc4ccc5[nH]ncc5c4C4CC4)n(C)n3)cc2)=C(N)C1. The van der Waals surface area contributed by atoms with Crippen molar-refractivity contribution < 1.29 is 0 Å². The Balaban J connectivity index is 1.22. The molecule has 0 amide bonds. The molecule has 2 aliphatic rings. The fraction of sp³-hybridized carbons (Fsp3) is 0.357. The van der Waals surface area contributed by atoms with Gasteiger partial charge in [0.05, 0.1) is 17.4 Å². The fourth-order valence-electron chi connectivity index (χ4n) is 5.17. The van der Waals surface area contributed by atoms with Crippen LogP contribution in [0, 0.1) is 0 Å². The summed E-state index contributed by atoms with van der Waals surface area (Å²) in [7, 11) is 1.91. The second-order valence-corrected chi connectivity index (χ2v) is 10.0. The van der Waals surface area contributed by atoms with Gasteiger partial charge in [0.25, 0.3) is 0 Å². The molecule has 0 saturated heterocycles.